The summed E-state index contributed by atoms with van der Waals surface area (Å²) in [6.07, 6.45) is -1.34. The number of alkyl halides is 3. The lowest BCUT2D eigenvalue weighted by atomic mass is 10.1. The van der Waals surface area contributed by atoms with Crippen molar-refractivity contribution < 1.29 is 18.0 Å². The van der Waals surface area contributed by atoms with Crippen LogP contribution in [0.25, 0.3) is 0 Å². The Morgan fingerprint density at radius 2 is 2.00 bits per heavy atom. The van der Waals surface area contributed by atoms with Crippen LogP contribution >= 0.6 is 0 Å². The number of aromatic nitrogens is 2. The number of halogens is 3. The standard InChI is InChI=1S/C14H12F3N3O/c15-14(16,17)12-3-1-2-10(8-12)4-6-18-13(21)11-5-7-19-20-9-11/h1-3,5,7-9H,4,6H2,(H,18,21). The molecule has 0 aliphatic heterocycles. The number of nitrogens with zero attached hydrogens (tertiary/aromatic N) is 2. The van der Waals surface area contributed by atoms with Gasteiger partial charge in [-0.05, 0) is 24.1 Å². The van der Waals surface area contributed by atoms with Gasteiger partial charge in [-0.1, -0.05) is 18.2 Å². The fraction of sp³-hybridized carbons (Fsp3) is 0.214. The predicted molar refractivity (Wildman–Crippen MR) is 69.5 cm³/mol. The van der Waals surface area contributed by atoms with Gasteiger partial charge in [0.1, 0.15) is 0 Å². The fourth-order valence-electron chi connectivity index (χ4n) is 1.75. The molecule has 0 saturated heterocycles. The molecule has 110 valence electrons. The molecule has 0 spiro atoms. The minimum Gasteiger partial charge on any atom is -0.352 e. The van der Waals surface area contributed by atoms with Crippen LogP contribution in [0.5, 0.6) is 0 Å². The fourth-order valence-corrected chi connectivity index (χ4v) is 1.75. The van der Waals surface area contributed by atoms with Crippen molar-refractivity contribution in [2.24, 2.45) is 0 Å². The van der Waals surface area contributed by atoms with Crippen molar-refractivity contribution in [3.05, 3.63) is 59.4 Å². The normalized spacial score (nSPS) is 11.2. The number of benzene rings is 1. The topological polar surface area (TPSA) is 54.9 Å². The van der Waals surface area contributed by atoms with Crippen LogP contribution < -0.4 is 5.32 Å². The molecule has 1 aromatic heterocycles. The lowest BCUT2D eigenvalue weighted by Gasteiger charge is -2.09. The first-order valence-corrected chi connectivity index (χ1v) is 6.18. The van der Waals surface area contributed by atoms with E-state index in [2.05, 4.69) is 15.5 Å². The number of hydrogen-bond acceptors (Lipinski definition) is 3. The summed E-state index contributed by atoms with van der Waals surface area (Å²) < 4.78 is 37.7. The molecule has 1 N–H and O–H groups in total. The Labute approximate surface area is 119 Å². The van der Waals surface area contributed by atoms with Gasteiger partial charge in [0.05, 0.1) is 23.5 Å². The van der Waals surface area contributed by atoms with Gasteiger partial charge in [0.2, 0.25) is 0 Å². The Kier molecular flexibility index (Phi) is 4.52. The number of rotatable bonds is 4. The quantitative estimate of drug-likeness (QED) is 0.942. The van der Waals surface area contributed by atoms with Crippen molar-refractivity contribution >= 4 is 5.91 Å². The molecule has 0 radical (unpaired) electrons. The van der Waals surface area contributed by atoms with E-state index in [1.165, 1.54) is 24.5 Å². The molecule has 4 nitrogen and oxygen atoms in total. The second-order valence-corrected chi connectivity index (χ2v) is 4.34. The van der Waals surface area contributed by atoms with Crippen LogP contribution in [0.4, 0.5) is 13.2 Å². The lowest BCUT2D eigenvalue weighted by Crippen LogP contribution is -2.25. The summed E-state index contributed by atoms with van der Waals surface area (Å²) in [5.74, 6) is -0.336. The van der Waals surface area contributed by atoms with Gasteiger partial charge in [0.25, 0.3) is 5.91 Å². The van der Waals surface area contributed by atoms with Gasteiger partial charge < -0.3 is 5.32 Å². The van der Waals surface area contributed by atoms with E-state index >= 15 is 0 Å². The number of amides is 1. The summed E-state index contributed by atoms with van der Waals surface area (Å²) in [5, 5.41) is 9.74. The maximum atomic E-state index is 12.6. The van der Waals surface area contributed by atoms with Gasteiger partial charge in [-0.15, -0.1) is 0 Å². The number of hydrogen-bond donors (Lipinski definition) is 1. The molecule has 1 amide bonds. The summed E-state index contributed by atoms with van der Waals surface area (Å²) in [6, 6.07) is 6.56. The monoisotopic (exact) mass is 295 g/mol. The van der Waals surface area contributed by atoms with Gasteiger partial charge in [-0.2, -0.15) is 23.4 Å². The second kappa shape index (κ2) is 6.34. The molecule has 0 saturated carbocycles. The van der Waals surface area contributed by atoms with E-state index in [1.807, 2.05) is 0 Å². The lowest BCUT2D eigenvalue weighted by molar-refractivity contribution is -0.137. The van der Waals surface area contributed by atoms with E-state index in [1.54, 1.807) is 6.07 Å². The summed E-state index contributed by atoms with van der Waals surface area (Å²) in [4.78, 5) is 11.7. The molecular weight excluding hydrogens is 283 g/mol. The number of nitrogens with one attached hydrogen (secondary N) is 1. The first-order chi connectivity index (χ1) is 9.97. The van der Waals surface area contributed by atoms with E-state index in [0.29, 0.717) is 17.5 Å². The summed E-state index contributed by atoms with van der Waals surface area (Å²) in [7, 11) is 0. The molecule has 0 fully saturated rings. The van der Waals surface area contributed by atoms with E-state index in [9.17, 15) is 18.0 Å². The summed E-state index contributed by atoms with van der Waals surface area (Å²) >= 11 is 0. The van der Waals surface area contributed by atoms with Crippen molar-refractivity contribution in [2.75, 3.05) is 6.54 Å². The van der Waals surface area contributed by atoms with Crippen molar-refractivity contribution in [3.63, 3.8) is 0 Å². The van der Waals surface area contributed by atoms with Crippen LogP contribution in [0.3, 0.4) is 0 Å². The predicted octanol–water partition coefficient (Wildman–Crippen LogP) is 2.47. The van der Waals surface area contributed by atoms with Gasteiger partial charge >= 0.3 is 6.18 Å². The van der Waals surface area contributed by atoms with Crippen LogP contribution in [-0.2, 0) is 12.6 Å². The molecule has 0 unspecified atom stereocenters. The molecule has 21 heavy (non-hydrogen) atoms. The molecule has 2 aromatic rings. The van der Waals surface area contributed by atoms with E-state index in [4.69, 9.17) is 0 Å². The van der Waals surface area contributed by atoms with Crippen LogP contribution in [0.2, 0.25) is 0 Å². The highest BCUT2D eigenvalue weighted by molar-refractivity contribution is 5.93. The SMILES string of the molecule is O=C(NCCc1cccc(C(F)(F)F)c1)c1ccnnc1. The third-order valence-corrected chi connectivity index (χ3v) is 2.80. The zero-order chi connectivity index (χ0) is 15.3. The van der Waals surface area contributed by atoms with Gasteiger partial charge in [0, 0.05) is 6.54 Å². The van der Waals surface area contributed by atoms with Crippen LogP contribution in [-0.4, -0.2) is 22.6 Å². The van der Waals surface area contributed by atoms with Crippen molar-refractivity contribution in [2.45, 2.75) is 12.6 Å². The third-order valence-electron chi connectivity index (χ3n) is 2.80. The molecule has 0 aliphatic carbocycles. The minimum absolute atomic E-state index is 0.239. The zero-order valence-corrected chi connectivity index (χ0v) is 10.9. The number of carbonyl (C=O) groups excluding carboxylic acids is 1. The summed E-state index contributed by atoms with van der Waals surface area (Å²) in [6.45, 7) is 0.239. The van der Waals surface area contributed by atoms with Gasteiger partial charge in [-0.3, -0.25) is 4.79 Å². The van der Waals surface area contributed by atoms with E-state index in [-0.39, 0.29) is 12.5 Å². The minimum atomic E-state index is -4.36. The second-order valence-electron chi connectivity index (χ2n) is 4.34. The maximum Gasteiger partial charge on any atom is 0.416 e. The van der Waals surface area contributed by atoms with Crippen LogP contribution in [0.15, 0.2) is 42.7 Å². The smallest absolute Gasteiger partial charge is 0.352 e. The van der Waals surface area contributed by atoms with Crippen molar-refractivity contribution in [1.29, 1.82) is 0 Å². The average Bonchev–Trinajstić information content (AvgIpc) is 2.47. The molecule has 7 heteroatoms. The Morgan fingerprint density at radius 1 is 1.19 bits per heavy atom. The zero-order valence-electron chi connectivity index (χ0n) is 10.9. The summed E-state index contributed by atoms with van der Waals surface area (Å²) in [5.41, 5.74) is 0.177. The molecular formula is C14H12F3N3O. The van der Waals surface area contributed by atoms with Gasteiger partial charge in [-0.25, -0.2) is 0 Å². The Hall–Kier alpha value is -2.44. The first kappa shape index (κ1) is 15.0. The van der Waals surface area contributed by atoms with E-state index < -0.39 is 11.7 Å². The Morgan fingerprint density at radius 3 is 2.67 bits per heavy atom. The van der Waals surface area contributed by atoms with Crippen LogP contribution in [0, 0.1) is 0 Å². The molecule has 1 heterocycles. The Balaban J connectivity index is 1.91. The average molecular weight is 295 g/mol. The Bertz CT molecular complexity index is 614. The molecule has 1 aromatic carbocycles. The highest BCUT2D eigenvalue weighted by atomic mass is 19.4. The molecule has 0 atom stereocenters. The maximum absolute atomic E-state index is 12.6. The van der Waals surface area contributed by atoms with Crippen molar-refractivity contribution in [3.8, 4) is 0 Å². The highest BCUT2D eigenvalue weighted by Gasteiger charge is 2.30. The van der Waals surface area contributed by atoms with Crippen LogP contribution in [0.1, 0.15) is 21.5 Å². The van der Waals surface area contributed by atoms with Gasteiger partial charge in [0.15, 0.2) is 0 Å². The van der Waals surface area contributed by atoms with E-state index in [0.717, 1.165) is 12.1 Å². The third kappa shape index (κ3) is 4.27. The van der Waals surface area contributed by atoms with Crippen molar-refractivity contribution in [1.82, 2.24) is 15.5 Å². The highest BCUT2D eigenvalue weighted by Crippen LogP contribution is 2.29. The first-order valence-electron chi connectivity index (χ1n) is 6.18. The molecule has 0 aliphatic rings. The largest absolute Gasteiger partial charge is 0.416 e. The number of carbonyl (C=O) groups is 1. The molecule has 2 rings (SSSR count). The molecule has 0 bridgehead atoms.